The molecule has 1 aliphatic rings. The summed E-state index contributed by atoms with van der Waals surface area (Å²) in [5.41, 5.74) is 0.425. The largest absolute Gasteiger partial charge is 0.311 e. The molecular formula is C19H21FN2O5S2. The number of hydrogen-bond acceptors (Lipinski definition) is 5. The van der Waals surface area contributed by atoms with Crippen LogP contribution in [0.1, 0.15) is 23.2 Å². The minimum absolute atomic E-state index is 0.0128. The molecule has 1 amide bonds. The molecule has 0 spiro atoms. The van der Waals surface area contributed by atoms with E-state index in [1.807, 2.05) is 0 Å². The van der Waals surface area contributed by atoms with Crippen LogP contribution in [0.2, 0.25) is 0 Å². The Labute approximate surface area is 169 Å². The number of carbonyl (C=O) groups excluding carboxylic acids is 1. The number of nitrogens with zero attached hydrogens (tertiary/aromatic N) is 2. The van der Waals surface area contributed by atoms with E-state index >= 15 is 0 Å². The van der Waals surface area contributed by atoms with Gasteiger partial charge in [0, 0.05) is 37.6 Å². The highest BCUT2D eigenvalue weighted by molar-refractivity contribution is 7.90. The molecular weight excluding hydrogens is 419 g/mol. The Hall–Kier alpha value is -2.30. The van der Waals surface area contributed by atoms with Gasteiger partial charge in [-0.1, -0.05) is 0 Å². The third-order valence-corrected chi connectivity index (χ3v) is 7.86. The molecule has 2 aromatic rings. The predicted molar refractivity (Wildman–Crippen MR) is 107 cm³/mol. The molecule has 0 atom stereocenters. The first kappa shape index (κ1) is 21.4. The Morgan fingerprint density at radius 2 is 1.59 bits per heavy atom. The quantitative estimate of drug-likeness (QED) is 0.711. The second-order valence-corrected chi connectivity index (χ2v) is 10.8. The molecule has 0 bridgehead atoms. The summed E-state index contributed by atoms with van der Waals surface area (Å²) in [7, 11) is -5.92. The van der Waals surface area contributed by atoms with Crippen molar-refractivity contribution in [3.63, 3.8) is 0 Å². The third kappa shape index (κ3) is 4.34. The van der Waals surface area contributed by atoms with Gasteiger partial charge in [0.05, 0.1) is 4.90 Å². The first-order valence-electron chi connectivity index (χ1n) is 8.90. The van der Waals surface area contributed by atoms with E-state index in [4.69, 9.17) is 0 Å². The lowest BCUT2D eigenvalue weighted by Gasteiger charge is -2.19. The van der Waals surface area contributed by atoms with Crippen LogP contribution in [0.4, 0.5) is 10.1 Å². The second kappa shape index (κ2) is 7.85. The maximum Gasteiger partial charge on any atom is 0.258 e. The van der Waals surface area contributed by atoms with Crippen LogP contribution in [0.5, 0.6) is 0 Å². The minimum Gasteiger partial charge on any atom is -0.311 e. The summed E-state index contributed by atoms with van der Waals surface area (Å²) in [5, 5.41) is 0. The number of anilines is 1. The first-order valence-corrected chi connectivity index (χ1v) is 12.2. The number of benzene rings is 2. The van der Waals surface area contributed by atoms with Crippen LogP contribution in [-0.4, -0.2) is 53.4 Å². The van der Waals surface area contributed by atoms with Crippen molar-refractivity contribution in [3.8, 4) is 0 Å². The number of carbonyl (C=O) groups is 1. The van der Waals surface area contributed by atoms with E-state index in [9.17, 15) is 26.0 Å². The fourth-order valence-electron chi connectivity index (χ4n) is 3.13. The fraction of sp³-hybridized carbons (Fsp3) is 0.316. The molecule has 1 saturated heterocycles. The van der Waals surface area contributed by atoms with E-state index in [1.54, 1.807) is 0 Å². The minimum atomic E-state index is -4.02. The van der Waals surface area contributed by atoms with Gasteiger partial charge >= 0.3 is 0 Å². The molecule has 0 aliphatic carbocycles. The lowest BCUT2D eigenvalue weighted by atomic mass is 10.2. The van der Waals surface area contributed by atoms with Gasteiger partial charge in [0.2, 0.25) is 10.0 Å². The van der Waals surface area contributed by atoms with Crippen LogP contribution in [-0.2, 0) is 19.9 Å². The van der Waals surface area contributed by atoms with Crippen LogP contribution < -0.4 is 4.90 Å². The average Bonchev–Trinajstić information content (AvgIpc) is 3.22. The van der Waals surface area contributed by atoms with Gasteiger partial charge in [-0.05, 0) is 55.3 Å². The number of rotatable bonds is 5. The lowest BCUT2D eigenvalue weighted by molar-refractivity contribution is 0.0992. The smallest absolute Gasteiger partial charge is 0.258 e. The van der Waals surface area contributed by atoms with Crippen LogP contribution >= 0.6 is 0 Å². The van der Waals surface area contributed by atoms with Gasteiger partial charge in [0.25, 0.3) is 5.91 Å². The van der Waals surface area contributed by atoms with E-state index < -0.39 is 36.5 Å². The third-order valence-electron chi connectivity index (χ3n) is 4.82. The molecule has 1 aliphatic heterocycles. The highest BCUT2D eigenvalue weighted by Crippen LogP contribution is 2.25. The lowest BCUT2D eigenvalue weighted by Crippen LogP contribution is -2.30. The Balaban J connectivity index is 1.91. The van der Waals surface area contributed by atoms with Gasteiger partial charge in [0.15, 0.2) is 9.84 Å². The normalized spacial score (nSPS) is 15.4. The summed E-state index contributed by atoms with van der Waals surface area (Å²) in [6.45, 7) is 0.652. The molecule has 0 aromatic heterocycles. The average molecular weight is 441 g/mol. The number of hydrogen-bond donors (Lipinski definition) is 0. The second-order valence-electron chi connectivity index (χ2n) is 6.89. The molecule has 3 rings (SSSR count). The molecule has 156 valence electrons. The van der Waals surface area contributed by atoms with Crippen molar-refractivity contribution in [1.29, 1.82) is 0 Å². The van der Waals surface area contributed by atoms with E-state index in [0.717, 1.165) is 18.4 Å². The van der Waals surface area contributed by atoms with Crippen molar-refractivity contribution in [1.82, 2.24) is 4.31 Å². The predicted octanol–water partition coefficient (Wildman–Crippen LogP) is 2.29. The Morgan fingerprint density at radius 1 is 1.00 bits per heavy atom. The van der Waals surface area contributed by atoms with Gasteiger partial charge in [-0.3, -0.25) is 4.79 Å². The standard InChI is InChI=1S/C19H21FN2O5S2/c1-21(15-6-8-16(9-7-15)28(2,24)25)19(23)14-5-10-17(20)18(13-14)29(26,27)22-11-3-4-12-22/h5-10,13H,3-4,11-12H2,1-2H3. The molecule has 1 heterocycles. The molecule has 0 unspecified atom stereocenters. The number of sulfone groups is 1. The monoisotopic (exact) mass is 440 g/mol. The maximum atomic E-state index is 14.3. The van der Waals surface area contributed by atoms with E-state index in [0.29, 0.717) is 31.6 Å². The SMILES string of the molecule is CN(C(=O)c1ccc(F)c(S(=O)(=O)N2CCCC2)c1)c1ccc(S(C)(=O)=O)cc1. The summed E-state index contributed by atoms with van der Waals surface area (Å²) < 4.78 is 64.0. The van der Waals surface area contributed by atoms with Crippen LogP contribution in [0.3, 0.4) is 0 Å². The highest BCUT2D eigenvalue weighted by Gasteiger charge is 2.30. The van der Waals surface area contributed by atoms with Crippen molar-refractivity contribution in [2.45, 2.75) is 22.6 Å². The van der Waals surface area contributed by atoms with Crippen molar-refractivity contribution >= 4 is 31.5 Å². The van der Waals surface area contributed by atoms with E-state index in [-0.39, 0.29) is 10.5 Å². The Bertz CT molecular complexity index is 1140. The summed E-state index contributed by atoms with van der Waals surface area (Å²) in [4.78, 5) is 13.6. The fourth-order valence-corrected chi connectivity index (χ4v) is 5.37. The van der Waals surface area contributed by atoms with Crippen molar-refractivity contribution in [3.05, 3.63) is 53.8 Å². The Morgan fingerprint density at radius 3 is 2.14 bits per heavy atom. The van der Waals surface area contributed by atoms with E-state index in [1.165, 1.54) is 46.6 Å². The summed E-state index contributed by atoms with van der Waals surface area (Å²) in [6.07, 6.45) is 2.51. The zero-order chi connectivity index (χ0) is 21.4. The molecule has 0 saturated carbocycles. The maximum absolute atomic E-state index is 14.3. The summed E-state index contributed by atoms with van der Waals surface area (Å²) in [6, 6.07) is 8.94. The molecule has 0 radical (unpaired) electrons. The summed E-state index contributed by atoms with van der Waals surface area (Å²) >= 11 is 0. The van der Waals surface area contributed by atoms with Gasteiger partial charge in [-0.25, -0.2) is 21.2 Å². The molecule has 0 N–H and O–H groups in total. The topological polar surface area (TPSA) is 91.8 Å². The molecule has 1 fully saturated rings. The highest BCUT2D eigenvalue weighted by atomic mass is 32.2. The molecule has 29 heavy (non-hydrogen) atoms. The molecule has 2 aromatic carbocycles. The number of halogens is 1. The van der Waals surface area contributed by atoms with Gasteiger partial charge in [-0.15, -0.1) is 0 Å². The van der Waals surface area contributed by atoms with Crippen molar-refractivity contribution in [2.24, 2.45) is 0 Å². The zero-order valence-electron chi connectivity index (χ0n) is 16.0. The van der Waals surface area contributed by atoms with E-state index in [2.05, 4.69) is 0 Å². The van der Waals surface area contributed by atoms with Crippen molar-refractivity contribution < 1.29 is 26.0 Å². The van der Waals surface area contributed by atoms with Crippen LogP contribution in [0.25, 0.3) is 0 Å². The first-order chi connectivity index (χ1) is 13.5. The van der Waals surface area contributed by atoms with Gasteiger partial charge in [-0.2, -0.15) is 4.31 Å². The van der Waals surface area contributed by atoms with Gasteiger partial charge in [0.1, 0.15) is 10.7 Å². The summed E-state index contributed by atoms with van der Waals surface area (Å²) in [5.74, 6) is -1.46. The van der Waals surface area contributed by atoms with Crippen LogP contribution in [0.15, 0.2) is 52.3 Å². The zero-order valence-corrected chi connectivity index (χ0v) is 17.6. The Kier molecular flexibility index (Phi) is 5.79. The number of amides is 1. The van der Waals surface area contributed by atoms with Gasteiger partial charge < -0.3 is 4.90 Å². The molecule has 10 heteroatoms. The van der Waals surface area contributed by atoms with Crippen molar-refractivity contribution in [2.75, 3.05) is 31.3 Å². The number of sulfonamides is 1. The van der Waals surface area contributed by atoms with Crippen LogP contribution in [0, 0.1) is 5.82 Å². The molecule has 7 nitrogen and oxygen atoms in total.